The van der Waals surface area contributed by atoms with Crippen LogP contribution in [0.4, 0.5) is 0 Å². The predicted octanol–water partition coefficient (Wildman–Crippen LogP) is 9.71. The van der Waals surface area contributed by atoms with Gasteiger partial charge < -0.3 is 4.74 Å². The molecule has 2 heterocycles. The van der Waals surface area contributed by atoms with Crippen LogP contribution in [-0.4, -0.2) is 22.0 Å². The molecule has 0 aromatic carbocycles. The van der Waals surface area contributed by atoms with Crippen LogP contribution in [-0.2, 0) is 4.74 Å². The minimum Gasteiger partial charge on any atom is -0.458 e. The Morgan fingerprint density at radius 1 is 0.952 bits per heavy atom. The number of aromatic nitrogens is 2. The molecule has 0 bridgehead atoms. The first-order chi connectivity index (χ1) is 20.2. The fraction of sp³-hybridized carbons (Fsp3) is 0.658. The van der Waals surface area contributed by atoms with Gasteiger partial charge in [0.1, 0.15) is 6.10 Å². The van der Waals surface area contributed by atoms with Gasteiger partial charge in [-0.1, -0.05) is 71.6 Å². The summed E-state index contributed by atoms with van der Waals surface area (Å²) in [5.41, 5.74) is 4.43. The summed E-state index contributed by atoms with van der Waals surface area (Å²) in [6, 6.07) is 9.43. The average Bonchev–Trinajstić information content (AvgIpc) is 3.35. The van der Waals surface area contributed by atoms with Crippen molar-refractivity contribution in [1.29, 1.82) is 0 Å². The molecule has 4 aliphatic rings. The van der Waals surface area contributed by atoms with Crippen molar-refractivity contribution >= 4 is 5.97 Å². The van der Waals surface area contributed by atoms with Crippen molar-refractivity contribution in [2.24, 2.45) is 46.3 Å². The number of ether oxygens (including phenoxy) is 1. The van der Waals surface area contributed by atoms with Crippen molar-refractivity contribution < 1.29 is 9.53 Å². The van der Waals surface area contributed by atoms with E-state index in [4.69, 9.17) is 4.74 Å². The fourth-order valence-electron chi connectivity index (χ4n) is 10.2. The molecular weight excluding hydrogens is 516 g/mol. The number of hydrogen-bond acceptors (Lipinski definition) is 4. The second-order valence-corrected chi connectivity index (χ2v) is 15.2. The van der Waals surface area contributed by atoms with Gasteiger partial charge in [0.15, 0.2) is 0 Å². The maximum absolute atomic E-state index is 13.1. The lowest BCUT2D eigenvalue weighted by atomic mass is 9.47. The number of fused-ring (bicyclic) bond motifs is 5. The van der Waals surface area contributed by atoms with Gasteiger partial charge in [-0.25, -0.2) is 4.79 Å². The molecule has 8 atom stereocenters. The molecule has 0 unspecified atom stereocenters. The van der Waals surface area contributed by atoms with E-state index in [9.17, 15) is 4.79 Å². The Balaban J connectivity index is 1.09. The second kappa shape index (κ2) is 11.9. The molecule has 0 radical (unpaired) electrons. The van der Waals surface area contributed by atoms with Gasteiger partial charge >= 0.3 is 5.97 Å². The van der Waals surface area contributed by atoms with Gasteiger partial charge in [0, 0.05) is 18.8 Å². The number of pyridine rings is 2. The largest absolute Gasteiger partial charge is 0.458 e. The highest BCUT2D eigenvalue weighted by Crippen LogP contribution is 2.67. The lowest BCUT2D eigenvalue weighted by molar-refractivity contribution is -0.0594. The maximum atomic E-state index is 13.1. The van der Waals surface area contributed by atoms with Crippen molar-refractivity contribution in [3.05, 3.63) is 59.9 Å². The monoisotopic (exact) mass is 568 g/mol. The summed E-state index contributed by atoms with van der Waals surface area (Å²) in [6.45, 7) is 12.5. The van der Waals surface area contributed by atoms with Gasteiger partial charge in [-0.3, -0.25) is 9.97 Å². The van der Waals surface area contributed by atoms with E-state index >= 15 is 0 Å². The zero-order chi connectivity index (χ0) is 29.5. The van der Waals surface area contributed by atoms with Gasteiger partial charge in [-0.15, -0.1) is 0 Å². The van der Waals surface area contributed by atoms with Crippen LogP contribution in [0.15, 0.2) is 54.4 Å². The van der Waals surface area contributed by atoms with Crippen LogP contribution < -0.4 is 0 Å². The number of carbonyl (C=O) groups is 1. The minimum absolute atomic E-state index is 0.0414. The van der Waals surface area contributed by atoms with E-state index < -0.39 is 0 Å². The molecule has 226 valence electrons. The first kappa shape index (κ1) is 29.6. The first-order valence-corrected chi connectivity index (χ1v) is 17.0. The molecule has 4 heteroatoms. The quantitative estimate of drug-likeness (QED) is 0.235. The van der Waals surface area contributed by atoms with Crippen molar-refractivity contribution in [2.75, 3.05) is 0 Å². The van der Waals surface area contributed by atoms with E-state index in [-0.39, 0.29) is 17.5 Å². The van der Waals surface area contributed by atoms with Gasteiger partial charge in [0.2, 0.25) is 0 Å². The molecule has 3 fully saturated rings. The highest BCUT2D eigenvalue weighted by Gasteiger charge is 2.59. The van der Waals surface area contributed by atoms with Gasteiger partial charge in [-0.05, 0) is 116 Å². The standard InChI is InChI=1S/C38H52N2O2/c1-25(2)9-8-10-26(3)31-15-16-32-30-14-13-28-23-29(18-20-37(28,4)33(30)19-21-38(31,32)5)42-36(41)27-12-17-35(40-24-27)34-11-6-7-22-39-34/h6-7,11-13,17,22,24-26,29-33H,8-10,14-16,18-21,23H2,1-5H3/t26-,29+,30+,31-,32+,33+,37+,38-/m1/s1. The summed E-state index contributed by atoms with van der Waals surface area (Å²) >= 11 is 0. The van der Waals surface area contributed by atoms with E-state index in [1.807, 2.05) is 30.3 Å². The Morgan fingerprint density at radius 3 is 2.52 bits per heavy atom. The number of hydrogen-bond donors (Lipinski definition) is 0. The molecule has 0 N–H and O–H groups in total. The number of nitrogens with zero attached hydrogens (tertiary/aromatic N) is 2. The molecule has 6 rings (SSSR count). The number of rotatable bonds is 8. The maximum Gasteiger partial charge on any atom is 0.339 e. The van der Waals surface area contributed by atoms with E-state index in [0.717, 1.165) is 66.2 Å². The molecule has 0 spiro atoms. The zero-order valence-electron chi connectivity index (χ0n) is 26.6. The summed E-state index contributed by atoms with van der Waals surface area (Å²) in [5, 5.41) is 0. The third-order valence-corrected chi connectivity index (χ3v) is 12.5. The lowest BCUT2D eigenvalue weighted by Gasteiger charge is -2.58. The average molecular weight is 569 g/mol. The number of esters is 1. The second-order valence-electron chi connectivity index (χ2n) is 15.2. The normalized spacial score (nSPS) is 34.6. The third-order valence-electron chi connectivity index (χ3n) is 12.5. The summed E-state index contributed by atoms with van der Waals surface area (Å²) in [6.07, 6.45) is 20.0. The van der Waals surface area contributed by atoms with Crippen LogP contribution >= 0.6 is 0 Å². The van der Waals surface area contributed by atoms with E-state index in [1.54, 1.807) is 18.0 Å². The van der Waals surface area contributed by atoms with Crippen LogP contribution in [0.5, 0.6) is 0 Å². The topological polar surface area (TPSA) is 52.1 Å². The van der Waals surface area contributed by atoms with Gasteiger partial charge in [-0.2, -0.15) is 0 Å². The fourth-order valence-corrected chi connectivity index (χ4v) is 10.2. The molecule has 4 nitrogen and oxygen atoms in total. The van der Waals surface area contributed by atoms with E-state index in [2.05, 4.69) is 50.7 Å². The zero-order valence-corrected chi connectivity index (χ0v) is 26.6. The molecule has 4 aliphatic carbocycles. The van der Waals surface area contributed by atoms with Crippen LogP contribution in [0, 0.1) is 46.3 Å². The van der Waals surface area contributed by atoms with Crippen molar-refractivity contribution in [1.82, 2.24) is 9.97 Å². The Bertz CT molecular complexity index is 1270. The molecule has 2 aromatic rings. The summed E-state index contributed by atoms with van der Waals surface area (Å²) in [5.74, 6) is 4.80. The minimum atomic E-state index is -0.258. The van der Waals surface area contributed by atoms with Crippen LogP contribution in [0.1, 0.15) is 116 Å². The van der Waals surface area contributed by atoms with E-state index in [0.29, 0.717) is 11.0 Å². The molecule has 0 aliphatic heterocycles. The van der Waals surface area contributed by atoms with Gasteiger partial charge in [0.25, 0.3) is 0 Å². The van der Waals surface area contributed by atoms with E-state index in [1.165, 1.54) is 51.4 Å². The van der Waals surface area contributed by atoms with Crippen LogP contribution in [0.3, 0.4) is 0 Å². The molecule has 2 aromatic heterocycles. The van der Waals surface area contributed by atoms with Crippen molar-refractivity contribution in [3.63, 3.8) is 0 Å². The van der Waals surface area contributed by atoms with Crippen LogP contribution in [0.2, 0.25) is 0 Å². The molecule has 0 amide bonds. The summed E-state index contributed by atoms with van der Waals surface area (Å²) in [7, 11) is 0. The SMILES string of the molecule is CC(C)CCC[C@@H](C)[C@H]1CC[C@H]2[C@@H]3CC=C4C[C@@H](OC(=O)c5ccc(-c6ccccn6)nc5)CC[C@]4(C)[C@H]3CC[C@]12C. The Hall–Kier alpha value is -2.49. The summed E-state index contributed by atoms with van der Waals surface area (Å²) in [4.78, 5) is 21.9. The molecule has 3 saturated carbocycles. The van der Waals surface area contributed by atoms with Crippen LogP contribution in [0.25, 0.3) is 11.4 Å². The van der Waals surface area contributed by atoms with Crippen molar-refractivity contribution in [3.8, 4) is 11.4 Å². The number of carbonyl (C=O) groups excluding carboxylic acids is 1. The highest BCUT2D eigenvalue weighted by molar-refractivity contribution is 5.89. The van der Waals surface area contributed by atoms with Gasteiger partial charge in [0.05, 0.1) is 17.0 Å². The highest BCUT2D eigenvalue weighted by atomic mass is 16.5. The Labute approximate surface area is 254 Å². The smallest absolute Gasteiger partial charge is 0.339 e. The third kappa shape index (κ3) is 5.48. The lowest BCUT2D eigenvalue weighted by Crippen LogP contribution is -2.51. The number of allylic oxidation sites excluding steroid dienone is 1. The Kier molecular flexibility index (Phi) is 8.37. The Morgan fingerprint density at radius 2 is 1.79 bits per heavy atom. The van der Waals surface area contributed by atoms with Crippen molar-refractivity contribution in [2.45, 2.75) is 111 Å². The summed E-state index contributed by atoms with van der Waals surface area (Å²) < 4.78 is 6.09. The predicted molar refractivity (Wildman–Crippen MR) is 170 cm³/mol. The molecule has 0 saturated heterocycles. The molecular formula is C38H52N2O2. The first-order valence-electron chi connectivity index (χ1n) is 17.0. The molecule has 42 heavy (non-hydrogen) atoms.